The fraction of sp³-hybridized carbons (Fsp3) is 0.375. The average Bonchev–Trinajstić information content (AvgIpc) is 2.19. The maximum absolute atomic E-state index is 10.8. The summed E-state index contributed by atoms with van der Waals surface area (Å²) in [6, 6.07) is 0. The zero-order valence-corrected chi connectivity index (χ0v) is 9.29. The van der Waals surface area contributed by atoms with Crippen LogP contribution >= 0.6 is 7.60 Å². The number of aromatic hydroxyl groups is 1. The monoisotopic (exact) mass is 249 g/mol. The van der Waals surface area contributed by atoms with E-state index in [2.05, 4.69) is 4.98 Å². The average molecular weight is 249 g/mol. The summed E-state index contributed by atoms with van der Waals surface area (Å²) in [6.07, 6.45) is 1.02. The zero-order chi connectivity index (χ0) is 12.5. The molecular weight excluding hydrogens is 237 g/mol. The third-order valence-electron chi connectivity index (χ3n) is 2.13. The Balaban J connectivity index is 3.35. The fourth-order valence-corrected chi connectivity index (χ4v) is 1.82. The second kappa shape index (κ2) is 4.48. The van der Waals surface area contributed by atoms with Crippen molar-refractivity contribution in [3.05, 3.63) is 23.0 Å². The highest BCUT2D eigenvalue weighted by molar-refractivity contribution is 7.51. The van der Waals surface area contributed by atoms with Crippen molar-refractivity contribution >= 4 is 7.60 Å². The van der Waals surface area contributed by atoms with E-state index in [1.54, 1.807) is 0 Å². The van der Waals surface area contributed by atoms with Gasteiger partial charge in [0, 0.05) is 17.3 Å². The molecule has 0 fully saturated rings. The third-order valence-corrected chi connectivity index (χ3v) is 3.04. The van der Waals surface area contributed by atoms with Crippen LogP contribution in [0.3, 0.4) is 0 Å². The lowest BCUT2D eigenvalue weighted by atomic mass is 10.1. The Labute approximate surface area is 91.2 Å². The van der Waals surface area contributed by atoms with Crippen molar-refractivity contribution in [3.8, 4) is 5.75 Å². The Morgan fingerprint density at radius 2 is 2.06 bits per heavy atom. The first kappa shape index (κ1) is 13.1. The van der Waals surface area contributed by atoms with Crippen molar-refractivity contribution in [1.29, 1.82) is 0 Å². The molecule has 8 heteroatoms. The predicted molar refractivity (Wildman–Crippen MR) is 53.6 cm³/mol. The van der Waals surface area contributed by atoms with Gasteiger partial charge in [-0.15, -0.1) is 0 Å². The van der Waals surface area contributed by atoms with Gasteiger partial charge in [-0.3, -0.25) is 9.55 Å². The Hall–Kier alpha value is -0.980. The van der Waals surface area contributed by atoms with Gasteiger partial charge in [-0.1, -0.05) is 0 Å². The summed E-state index contributed by atoms with van der Waals surface area (Å²) >= 11 is 0. The summed E-state index contributed by atoms with van der Waals surface area (Å²) in [7, 11) is -4.76. The number of rotatable bonds is 3. The molecule has 90 valence electrons. The van der Waals surface area contributed by atoms with Gasteiger partial charge in [0.2, 0.25) is 0 Å². The van der Waals surface area contributed by atoms with Gasteiger partial charge in [-0.05, 0) is 6.92 Å². The quantitative estimate of drug-likeness (QED) is 0.467. The summed E-state index contributed by atoms with van der Waals surface area (Å²) in [4.78, 5) is 21.2. The van der Waals surface area contributed by atoms with E-state index < -0.39 is 20.0 Å². The Morgan fingerprint density at radius 3 is 2.50 bits per heavy atom. The number of hydrogen-bond donors (Lipinski definition) is 5. The van der Waals surface area contributed by atoms with Crippen LogP contribution in [0.5, 0.6) is 5.75 Å². The Bertz CT molecular complexity index is 442. The van der Waals surface area contributed by atoms with E-state index in [0.717, 1.165) is 6.20 Å². The van der Waals surface area contributed by atoms with Crippen LogP contribution in [0.25, 0.3) is 0 Å². The minimum absolute atomic E-state index is 0.136. The number of aliphatic hydroxyl groups is 2. The summed E-state index contributed by atoms with van der Waals surface area (Å²) in [6.45, 7) is 0.809. The molecule has 7 nitrogen and oxygen atoms in total. The van der Waals surface area contributed by atoms with Crippen LogP contribution in [0.15, 0.2) is 6.20 Å². The topological polar surface area (TPSA) is 131 Å². The van der Waals surface area contributed by atoms with Gasteiger partial charge in [0.25, 0.3) is 0 Å². The third kappa shape index (κ3) is 2.40. The van der Waals surface area contributed by atoms with Gasteiger partial charge in [0.1, 0.15) is 5.75 Å². The van der Waals surface area contributed by atoms with Crippen LogP contribution in [0, 0.1) is 6.92 Å². The largest absolute Gasteiger partial charge is 0.506 e. The SMILES string of the molecule is Cc1ncc(C(O)P(=O)(O)O)c(CO)c1O. The highest BCUT2D eigenvalue weighted by Gasteiger charge is 2.31. The first-order valence-electron chi connectivity index (χ1n) is 4.30. The molecule has 1 aromatic heterocycles. The van der Waals surface area contributed by atoms with Crippen LogP contribution in [-0.4, -0.2) is 30.1 Å². The van der Waals surface area contributed by atoms with Crippen molar-refractivity contribution in [2.24, 2.45) is 0 Å². The number of hydrogen-bond acceptors (Lipinski definition) is 5. The first-order valence-corrected chi connectivity index (χ1v) is 5.98. The van der Waals surface area contributed by atoms with E-state index in [1.165, 1.54) is 6.92 Å². The molecule has 0 amide bonds. The zero-order valence-electron chi connectivity index (χ0n) is 8.40. The van der Waals surface area contributed by atoms with Crippen molar-refractivity contribution in [2.45, 2.75) is 19.4 Å². The highest BCUT2D eigenvalue weighted by Crippen LogP contribution is 2.51. The van der Waals surface area contributed by atoms with E-state index in [4.69, 9.17) is 14.9 Å². The molecule has 5 N–H and O–H groups in total. The normalized spacial score (nSPS) is 13.8. The predicted octanol–water partition coefficient (Wildman–Crippen LogP) is -0.243. The van der Waals surface area contributed by atoms with Gasteiger partial charge < -0.3 is 25.1 Å². The van der Waals surface area contributed by atoms with Gasteiger partial charge >= 0.3 is 7.60 Å². The smallest absolute Gasteiger partial charge is 0.358 e. The molecule has 16 heavy (non-hydrogen) atoms. The van der Waals surface area contributed by atoms with E-state index in [0.29, 0.717) is 0 Å². The second-order valence-corrected chi connectivity index (χ2v) is 4.91. The van der Waals surface area contributed by atoms with Crippen molar-refractivity contribution in [1.82, 2.24) is 4.98 Å². The summed E-state index contributed by atoms with van der Waals surface area (Å²) in [5, 5.41) is 27.9. The minimum atomic E-state index is -4.76. The Morgan fingerprint density at radius 1 is 1.50 bits per heavy atom. The molecule has 0 aliphatic heterocycles. The lowest BCUT2D eigenvalue weighted by Gasteiger charge is -2.16. The standard InChI is InChI=1S/C8H12NO6P/c1-4-7(11)6(3-10)5(2-9-4)8(12)16(13,14)15/h2,8,10-12H,3H2,1H3,(H2,13,14,15). The van der Waals surface area contributed by atoms with Crippen molar-refractivity contribution in [2.75, 3.05) is 0 Å². The molecule has 0 bridgehead atoms. The number of pyridine rings is 1. The maximum Gasteiger partial charge on any atom is 0.358 e. The fourth-order valence-electron chi connectivity index (χ4n) is 1.23. The van der Waals surface area contributed by atoms with E-state index in [1.807, 2.05) is 0 Å². The van der Waals surface area contributed by atoms with Gasteiger partial charge in [0.15, 0.2) is 5.85 Å². The first-order chi connectivity index (χ1) is 7.29. The summed E-state index contributed by atoms with van der Waals surface area (Å²) in [5.41, 5.74) is -0.215. The summed E-state index contributed by atoms with van der Waals surface area (Å²) < 4.78 is 10.8. The number of aliphatic hydroxyl groups excluding tert-OH is 2. The van der Waals surface area contributed by atoms with Gasteiger partial charge in [-0.2, -0.15) is 0 Å². The molecule has 0 aliphatic carbocycles. The van der Waals surface area contributed by atoms with Crippen LogP contribution in [0.1, 0.15) is 22.7 Å². The maximum atomic E-state index is 10.8. The molecule has 0 radical (unpaired) electrons. The lowest BCUT2D eigenvalue weighted by Crippen LogP contribution is -2.05. The molecule has 0 saturated heterocycles. The minimum Gasteiger partial charge on any atom is -0.506 e. The number of nitrogens with zero attached hydrogens (tertiary/aromatic N) is 1. The van der Waals surface area contributed by atoms with Gasteiger partial charge in [0.05, 0.1) is 12.3 Å². The molecule has 1 heterocycles. The number of aromatic nitrogens is 1. The molecular formula is C8H12NO6P. The molecule has 0 aliphatic rings. The van der Waals surface area contributed by atoms with E-state index >= 15 is 0 Å². The molecule has 0 spiro atoms. The van der Waals surface area contributed by atoms with E-state index in [-0.39, 0.29) is 22.6 Å². The van der Waals surface area contributed by atoms with Gasteiger partial charge in [-0.25, -0.2) is 0 Å². The lowest BCUT2D eigenvalue weighted by molar-refractivity contribution is 0.199. The van der Waals surface area contributed by atoms with Crippen LogP contribution in [0.2, 0.25) is 0 Å². The van der Waals surface area contributed by atoms with Crippen LogP contribution < -0.4 is 0 Å². The Kier molecular flexibility index (Phi) is 3.67. The molecule has 1 unspecified atom stereocenters. The van der Waals surface area contributed by atoms with Crippen molar-refractivity contribution in [3.63, 3.8) is 0 Å². The van der Waals surface area contributed by atoms with E-state index in [9.17, 15) is 14.8 Å². The van der Waals surface area contributed by atoms with Crippen LogP contribution in [0.4, 0.5) is 0 Å². The number of aryl methyl sites for hydroxylation is 1. The molecule has 1 aromatic rings. The van der Waals surface area contributed by atoms with Crippen LogP contribution in [-0.2, 0) is 11.2 Å². The molecule has 0 aromatic carbocycles. The molecule has 1 atom stereocenters. The summed E-state index contributed by atoms with van der Waals surface area (Å²) in [5.74, 6) is -2.49. The highest BCUT2D eigenvalue weighted by atomic mass is 31.2. The molecule has 0 saturated carbocycles. The molecule has 1 rings (SSSR count). The van der Waals surface area contributed by atoms with Crippen molar-refractivity contribution < 1.29 is 29.7 Å². The second-order valence-electron chi connectivity index (χ2n) is 3.25.